The number of esters is 1. The van der Waals surface area contributed by atoms with Gasteiger partial charge >= 0.3 is 5.97 Å². The molecule has 0 amide bonds. The lowest BCUT2D eigenvalue weighted by Crippen LogP contribution is -2.17. The van der Waals surface area contributed by atoms with Gasteiger partial charge in [-0.1, -0.05) is 45.9 Å². The van der Waals surface area contributed by atoms with Crippen molar-refractivity contribution in [2.75, 3.05) is 11.6 Å². The number of fused-ring (bicyclic) bond motifs is 3. The Labute approximate surface area is 202 Å². The van der Waals surface area contributed by atoms with Gasteiger partial charge in [0.05, 0.1) is 5.56 Å². The summed E-state index contributed by atoms with van der Waals surface area (Å²) in [5, 5.41) is 12.4. The van der Waals surface area contributed by atoms with Crippen LogP contribution in [0.25, 0.3) is 11.3 Å². The van der Waals surface area contributed by atoms with Crippen LogP contribution in [0.5, 0.6) is 11.6 Å². The van der Waals surface area contributed by atoms with E-state index in [2.05, 4.69) is 36.4 Å². The Balaban J connectivity index is 1.41. The summed E-state index contributed by atoms with van der Waals surface area (Å²) in [6.07, 6.45) is 1.37. The molecule has 33 heavy (non-hydrogen) atoms. The summed E-state index contributed by atoms with van der Waals surface area (Å²) in [4.78, 5) is 16.9. The fourth-order valence-electron chi connectivity index (χ4n) is 3.35. The topological polar surface area (TPSA) is 86.2 Å². The van der Waals surface area contributed by atoms with Gasteiger partial charge in [-0.05, 0) is 60.9 Å². The van der Waals surface area contributed by atoms with Gasteiger partial charge in [0, 0.05) is 21.3 Å². The molecule has 0 bridgehead atoms. The number of hydrogen-bond acceptors (Lipinski definition) is 8. The van der Waals surface area contributed by atoms with Crippen molar-refractivity contribution >= 4 is 39.3 Å². The van der Waals surface area contributed by atoms with E-state index < -0.39 is 12.2 Å². The minimum atomic E-state index is -0.518. The van der Waals surface area contributed by atoms with Gasteiger partial charge in [0.25, 0.3) is 0 Å². The maximum absolute atomic E-state index is 12.4. The molecule has 1 N–H and O–H groups in total. The average Bonchev–Trinajstić information content (AvgIpc) is 3.01. The number of anilines is 1. The molecule has 7 nitrogen and oxygen atoms in total. The third kappa shape index (κ3) is 4.55. The van der Waals surface area contributed by atoms with E-state index >= 15 is 0 Å². The van der Waals surface area contributed by atoms with Gasteiger partial charge in [-0.2, -0.15) is 4.98 Å². The van der Waals surface area contributed by atoms with E-state index in [0.717, 1.165) is 21.3 Å². The number of benzene rings is 3. The largest absolute Gasteiger partial charge is 0.448 e. The summed E-state index contributed by atoms with van der Waals surface area (Å²) < 4.78 is 12.6. The summed E-state index contributed by atoms with van der Waals surface area (Å²) in [5.41, 5.74) is 3.62. The van der Waals surface area contributed by atoms with Crippen molar-refractivity contribution < 1.29 is 14.3 Å². The van der Waals surface area contributed by atoms with Gasteiger partial charge in [0.2, 0.25) is 11.0 Å². The first-order valence-corrected chi connectivity index (χ1v) is 12.0. The molecule has 2 heterocycles. The van der Waals surface area contributed by atoms with E-state index in [9.17, 15) is 4.79 Å². The summed E-state index contributed by atoms with van der Waals surface area (Å²) in [6, 6.07) is 22.0. The molecule has 0 unspecified atom stereocenters. The van der Waals surface area contributed by atoms with Crippen molar-refractivity contribution in [3.05, 3.63) is 88.4 Å². The molecule has 0 spiro atoms. The lowest BCUT2D eigenvalue weighted by atomic mass is 10.1. The lowest BCUT2D eigenvalue weighted by Gasteiger charge is -2.19. The van der Waals surface area contributed by atoms with Crippen LogP contribution in [0.3, 0.4) is 0 Å². The second-order valence-corrected chi connectivity index (χ2v) is 8.79. The maximum Gasteiger partial charge on any atom is 0.343 e. The molecule has 4 aromatic rings. The average molecular weight is 521 g/mol. The number of rotatable bonds is 4. The van der Waals surface area contributed by atoms with Crippen molar-refractivity contribution in [1.29, 1.82) is 0 Å². The Bertz CT molecular complexity index is 1320. The number of carbonyl (C=O) groups excluding carboxylic acids is 1. The highest BCUT2D eigenvalue weighted by atomic mass is 79.9. The molecular weight excluding hydrogens is 504 g/mol. The van der Waals surface area contributed by atoms with Gasteiger partial charge < -0.3 is 14.8 Å². The normalized spacial score (nSPS) is 14.2. The quantitative estimate of drug-likeness (QED) is 0.207. The highest BCUT2D eigenvalue weighted by Crippen LogP contribution is 2.39. The summed E-state index contributed by atoms with van der Waals surface area (Å²) in [7, 11) is 0. The van der Waals surface area contributed by atoms with Gasteiger partial charge in [-0.3, -0.25) is 0 Å². The van der Waals surface area contributed by atoms with Crippen LogP contribution in [0, 0.1) is 0 Å². The molecule has 0 aliphatic carbocycles. The first-order valence-electron chi connectivity index (χ1n) is 10.00. The van der Waals surface area contributed by atoms with Crippen LogP contribution in [0.15, 0.2) is 82.4 Å². The van der Waals surface area contributed by atoms with Crippen LogP contribution >= 0.6 is 27.7 Å². The van der Waals surface area contributed by atoms with Crippen LogP contribution < -0.4 is 14.8 Å². The summed E-state index contributed by atoms with van der Waals surface area (Å²) in [6.45, 7) is 0. The predicted octanol–water partition coefficient (Wildman–Crippen LogP) is 5.75. The Morgan fingerprint density at radius 2 is 1.79 bits per heavy atom. The molecule has 0 radical (unpaired) electrons. The number of carbonyl (C=O) groups is 1. The van der Waals surface area contributed by atoms with E-state index in [1.54, 1.807) is 36.4 Å². The molecule has 164 valence electrons. The van der Waals surface area contributed by atoms with Crippen LogP contribution in [-0.2, 0) is 0 Å². The van der Waals surface area contributed by atoms with Gasteiger partial charge in [0.1, 0.15) is 5.75 Å². The zero-order valence-corrected chi connectivity index (χ0v) is 19.8. The highest BCUT2D eigenvalue weighted by molar-refractivity contribution is 9.10. The second-order valence-electron chi connectivity index (χ2n) is 7.11. The molecule has 9 heteroatoms. The van der Waals surface area contributed by atoms with E-state index in [-0.39, 0.29) is 0 Å². The number of nitrogens with zero attached hydrogens (tertiary/aromatic N) is 3. The standard InChI is InChI=1S/C24H17BrN4O3S/c1-33-24-27-22-20(28-29-24)18-4-2-3-5-19(18)26-21(32-22)14-8-12-17(13-9-14)31-23(30)15-6-10-16(25)11-7-15/h2-13,21,26H,1H3/t21-/m1/s1. The zero-order chi connectivity index (χ0) is 22.8. The van der Waals surface area contributed by atoms with E-state index in [1.807, 2.05) is 42.7 Å². The second kappa shape index (κ2) is 9.21. The molecule has 1 atom stereocenters. The third-order valence-electron chi connectivity index (χ3n) is 4.99. The number of para-hydroxylation sites is 1. The molecular formula is C24H17BrN4O3S. The van der Waals surface area contributed by atoms with Crippen LogP contribution in [0.1, 0.15) is 22.1 Å². The smallest absolute Gasteiger partial charge is 0.343 e. The molecule has 5 rings (SSSR count). The van der Waals surface area contributed by atoms with Crippen LogP contribution in [0.4, 0.5) is 5.69 Å². The zero-order valence-electron chi connectivity index (χ0n) is 17.4. The molecule has 1 aromatic heterocycles. The third-order valence-corrected chi connectivity index (χ3v) is 6.06. The first-order chi connectivity index (χ1) is 16.1. The Morgan fingerprint density at radius 1 is 1.03 bits per heavy atom. The van der Waals surface area contributed by atoms with Crippen LogP contribution in [-0.4, -0.2) is 27.4 Å². The predicted molar refractivity (Wildman–Crippen MR) is 130 cm³/mol. The molecule has 0 saturated heterocycles. The summed E-state index contributed by atoms with van der Waals surface area (Å²) >= 11 is 4.76. The van der Waals surface area contributed by atoms with Crippen LogP contribution in [0.2, 0.25) is 0 Å². The Kier molecular flexibility index (Phi) is 5.97. The minimum Gasteiger partial charge on any atom is -0.448 e. The number of halogens is 1. The molecule has 0 fully saturated rings. The SMILES string of the molecule is CSc1nnc2c(n1)O[C@H](c1ccc(OC(=O)c3ccc(Br)cc3)cc1)Nc1ccccc1-2. The fraction of sp³-hybridized carbons (Fsp3) is 0.0833. The minimum absolute atomic E-state index is 0.405. The van der Waals surface area contributed by atoms with Gasteiger partial charge in [0.15, 0.2) is 11.9 Å². The van der Waals surface area contributed by atoms with E-state index in [1.165, 1.54) is 11.8 Å². The number of hydrogen-bond donors (Lipinski definition) is 1. The van der Waals surface area contributed by atoms with Crippen molar-refractivity contribution in [3.63, 3.8) is 0 Å². The molecule has 0 saturated carbocycles. The van der Waals surface area contributed by atoms with Crippen molar-refractivity contribution in [2.45, 2.75) is 11.4 Å². The molecule has 3 aromatic carbocycles. The Morgan fingerprint density at radius 3 is 2.55 bits per heavy atom. The molecule has 1 aliphatic rings. The maximum atomic E-state index is 12.4. The summed E-state index contributed by atoms with van der Waals surface area (Å²) in [5.74, 6) is 0.423. The Hall–Kier alpha value is -3.43. The number of aromatic nitrogens is 3. The highest BCUT2D eigenvalue weighted by Gasteiger charge is 2.26. The molecule has 1 aliphatic heterocycles. The number of thioether (sulfide) groups is 1. The van der Waals surface area contributed by atoms with Gasteiger partial charge in [-0.15, -0.1) is 10.2 Å². The first kappa shape index (κ1) is 21.4. The monoisotopic (exact) mass is 520 g/mol. The number of ether oxygens (including phenoxy) is 2. The van der Waals surface area contributed by atoms with Gasteiger partial charge in [-0.25, -0.2) is 4.79 Å². The lowest BCUT2D eigenvalue weighted by molar-refractivity contribution is 0.0734. The fourth-order valence-corrected chi connectivity index (χ4v) is 3.91. The van der Waals surface area contributed by atoms with Crippen molar-refractivity contribution in [2.24, 2.45) is 0 Å². The van der Waals surface area contributed by atoms with Crippen molar-refractivity contribution in [3.8, 4) is 22.9 Å². The van der Waals surface area contributed by atoms with E-state index in [0.29, 0.717) is 28.0 Å². The van der Waals surface area contributed by atoms with Crippen molar-refractivity contribution in [1.82, 2.24) is 15.2 Å². The number of nitrogens with one attached hydrogen (secondary N) is 1. The van der Waals surface area contributed by atoms with E-state index in [4.69, 9.17) is 9.47 Å².